The van der Waals surface area contributed by atoms with Crippen LogP contribution in [0.2, 0.25) is 0 Å². The molecule has 0 aromatic heterocycles. The van der Waals surface area contributed by atoms with Crippen molar-refractivity contribution in [2.75, 3.05) is 0 Å². The van der Waals surface area contributed by atoms with Gasteiger partial charge < -0.3 is 5.73 Å². The Labute approximate surface area is 102 Å². The van der Waals surface area contributed by atoms with Crippen molar-refractivity contribution in [3.63, 3.8) is 0 Å². The Hall–Kier alpha value is -1.22. The number of hydrogen-bond acceptors (Lipinski definition) is 2. The quantitative estimate of drug-likeness (QED) is 0.826. The molecule has 0 amide bonds. The maximum absolute atomic E-state index is 12.9. The van der Waals surface area contributed by atoms with Crippen molar-refractivity contribution in [2.24, 2.45) is 5.73 Å². The van der Waals surface area contributed by atoms with E-state index in [2.05, 4.69) is 0 Å². The van der Waals surface area contributed by atoms with Gasteiger partial charge in [-0.05, 0) is 49.4 Å². The first-order valence-electron chi connectivity index (χ1n) is 6.08. The highest BCUT2D eigenvalue weighted by atomic mass is 19.1. The molecule has 1 unspecified atom stereocenters. The molecule has 1 aromatic rings. The Morgan fingerprint density at radius 3 is 2.76 bits per heavy atom. The molecule has 1 atom stereocenters. The third-order valence-electron chi connectivity index (χ3n) is 3.03. The van der Waals surface area contributed by atoms with E-state index in [-0.39, 0.29) is 17.6 Å². The first kappa shape index (κ1) is 13.8. The van der Waals surface area contributed by atoms with Crippen molar-refractivity contribution in [3.8, 4) is 0 Å². The second-order valence-electron chi connectivity index (χ2n) is 4.39. The highest BCUT2D eigenvalue weighted by Gasteiger charge is 2.10. The molecule has 2 N–H and O–H groups in total. The monoisotopic (exact) mass is 237 g/mol. The van der Waals surface area contributed by atoms with Gasteiger partial charge in [0.2, 0.25) is 0 Å². The molecule has 0 fully saturated rings. The van der Waals surface area contributed by atoms with Gasteiger partial charge in [-0.1, -0.05) is 13.0 Å². The van der Waals surface area contributed by atoms with E-state index in [1.54, 1.807) is 6.07 Å². The molecule has 0 aliphatic rings. The Balaban J connectivity index is 2.43. The molecule has 0 saturated carbocycles. The maximum atomic E-state index is 12.9. The number of carbonyl (C=O) groups is 1. The van der Waals surface area contributed by atoms with Gasteiger partial charge in [0.1, 0.15) is 11.6 Å². The molecule has 0 saturated heterocycles. The molecule has 3 heteroatoms. The van der Waals surface area contributed by atoms with Gasteiger partial charge in [-0.3, -0.25) is 4.79 Å². The lowest BCUT2D eigenvalue weighted by molar-refractivity contribution is -0.120. The fourth-order valence-corrected chi connectivity index (χ4v) is 1.88. The molecule has 1 rings (SSSR count). The Morgan fingerprint density at radius 1 is 1.47 bits per heavy atom. The smallest absolute Gasteiger partial charge is 0.149 e. The molecule has 1 aromatic carbocycles. The molecule has 0 aliphatic heterocycles. The van der Waals surface area contributed by atoms with Crippen LogP contribution < -0.4 is 5.73 Å². The van der Waals surface area contributed by atoms with E-state index in [1.165, 1.54) is 12.1 Å². The van der Waals surface area contributed by atoms with Gasteiger partial charge in [-0.2, -0.15) is 0 Å². The Kier molecular flexibility index (Phi) is 5.29. The van der Waals surface area contributed by atoms with E-state index in [0.29, 0.717) is 12.8 Å². The number of hydrogen-bond donors (Lipinski definition) is 1. The van der Waals surface area contributed by atoms with Crippen LogP contribution in [0.4, 0.5) is 4.39 Å². The van der Waals surface area contributed by atoms with Gasteiger partial charge in [0.25, 0.3) is 0 Å². The summed E-state index contributed by atoms with van der Waals surface area (Å²) in [4.78, 5) is 11.3. The van der Waals surface area contributed by atoms with Gasteiger partial charge in [0.05, 0.1) is 6.04 Å². The Morgan fingerprint density at radius 2 is 2.18 bits per heavy atom. The molecule has 2 nitrogen and oxygen atoms in total. The number of carbonyl (C=O) groups excluding carboxylic acids is 1. The largest absolute Gasteiger partial charge is 0.322 e. The molecule has 0 aliphatic carbocycles. The summed E-state index contributed by atoms with van der Waals surface area (Å²) < 4.78 is 12.9. The van der Waals surface area contributed by atoms with Crippen molar-refractivity contribution in [1.29, 1.82) is 0 Å². The normalized spacial score (nSPS) is 12.5. The highest BCUT2D eigenvalue weighted by Crippen LogP contribution is 2.13. The predicted octanol–water partition coefficient (Wildman–Crippen LogP) is 2.76. The van der Waals surface area contributed by atoms with E-state index in [0.717, 1.165) is 24.0 Å². The van der Waals surface area contributed by atoms with Gasteiger partial charge in [-0.15, -0.1) is 0 Å². The SMILES string of the molecule is CCC(=O)C(N)CCCc1ccc(F)cc1C. The first-order chi connectivity index (χ1) is 8.04. The number of aryl methyl sites for hydroxylation is 2. The average molecular weight is 237 g/mol. The van der Waals surface area contributed by atoms with E-state index in [1.807, 2.05) is 13.8 Å². The van der Waals surface area contributed by atoms with E-state index >= 15 is 0 Å². The van der Waals surface area contributed by atoms with Crippen LogP contribution in [0.3, 0.4) is 0 Å². The van der Waals surface area contributed by atoms with Gasteiger partial charge in [-0.25, -0.2) is 4.39 Å². The van der Waals surface area contributed by atoms with Crippen molar-refractivity contribution in [3.05, 3.63) is 35.1 Å². The minimum atomic E-state index is -0.347. The fourth-order valence-electron chi connectivity index (χ4n) is 1.88. The number of ketones is 1. The van der Waals surface area contributed by atoms with Gasteiger partial charge >= 0.3 is 0 Å². The minimum Gasteiger partial charge on any atom is -0.322 e. The minimum absolute atomic E-state index is 0.112. The summed E-state index contributed by atoms with van der Waals surface area (Å²) in [6.45, 7) is 3.72. The first-order valence-corrected chi connectivity index (χ1v) is 6.08. The van der Waals surface area contributed by atoms with Crippen molar-refractivity contribution in [2.45, 2.75) is 45.6 Å². The summed E-state index contributed by atoms with van der Waals surface area (Å²) in [5.74, 6) is -0.0926. The van der Waals surface area contributed by atoms with Crippen LogP contribution in [0.1, 0.15) is 37.3 Å². The summed E-state index contributed by atoms with van der Waals surface area (Å²) in [7, 11) is 0. The molecule has 94 valence electrons. The van der Waals surface area contributed by atoms with E-state index in [4.69, 9.17) is 5.73 Å². The van der Waals surface area contributed by atoms with Crippen LogP contribution in [0.25, 0.3) is 0 Å². The number of Topliss-reactive ketones (excluding diaryl/α,β-unsaturated/α-hetero) is 1. The standard InChI is InChI=1S/C14H20FNO/c1-3-14(17)13(16)6-4-5-11-7-8-12(15)9-10(11)2/h7-9,13H,3-6,16H2,1-2H3. The molecule has 0 bridgehead atoms. The van der Waals surface area contributed by atoms with Crippen LogP contribution in [0.15, 0.2) is 18.2 Å². The number of halogens is 1. The zero-order chi connectivity index (χ0) is 12.8. The number of nitrogens with two attached hydrogens (primary N) is 1. The van der Waals surface area contributed by atoms with Crippen LogP contribution in [-0.2, 0) is 11.2 Å². The topological polar surface area (TPSA) is 43.1 Å². The molecule has 0 radical (unpaired) electrons. The van der Waals surface area contributed by atoms with Gasteiger partial charge in [0, 0.05) is 6.42 Å². The number of benzene rings is 1. The van der Waals surface area contributed by atoms with Gasteiger partial charge in [0.15, 0.2) is 0 Å². The highest BCUT2D eigenvalue weighted by molar-refractivity contribution is 5.83. The summed E-state index contributed by atoms with van der Waals surface area (Å²) in [5, 5.41) is 0. The lowest BCUT2D eigenvalue weighted by Gasteiger charge is -2.10. The fraction of sp³-hybridized carbons (Fsp3) is 0.500. The third kappa shape index (κ3) is 4.27. The lowest BCUT2D eigenvalue weighted by Crippen LogP contribution is -2.29. The lowest BCUT2D eigenvalue weighted by atomic mass is 9.99. The van der Waals surface area contributed by atoms with Crippen LogP contribution in [0.5, 0.6) is 0 Å². The molecule has 0 spiro atoms. The van der Waals surface area contributed by atoms with Crippen molar-refractivity contribution in [1.82, 2.24) is 0 Å². The Bertz CT molecular complexity index is 390. The van der Waals surface area contributed by atoms with Crippen LogP contribution in [-0.4, -0.2) is 11.8 Å². The van der Waals surface area contributed by atoms with E-state index in [9.17, 15) is 9.18 Å². The van der Waals surface area contributed by atoms with Crippen LogP contribution in [0, 0.1) is 12.7 Å². The summed E-state index contributed by atoms with van der Waals surface area (Å²) in [5.41, 5.74) is 7.83. The molecule has 17 heavy (non-hydrogen) atoms. The summed E-state index contributed by atoms with van der Waals surface area (Å²) in [6, 6.07) is 4.46. The second kappa shape index (κ2) is 6.50. The van der Waals surface area contributed by atoms with E-state index < -0.39 is 0 Å². The van der Waals surface area contributed by atoms with Crippen molar-refractivity contribution >= 4 is 5.78 Å². The third-order valence-corrected chi connectivity index (χ3v) is 3.03. The molecule has 0 heterocycles. The number of rotatable bonds is 6. The zero-order valence-electron chi connectivity index (χ0n) is 10.5. The molecular weight excluding hydrogens is 217 g/mol. The maximum Gasteiger partial charge on any atom is 0.149 e. The van der Waals surface area contributed by atoms with Crippen molar-refractivity contribution < 1.29 is 9.18 Å². The zero-order valence-corrected chi connectivity index (χ0v) is 10.5. The molecular formula is C14H20FNO. The summed E-state index contributed by atoms with van der Waals surface area (Å²) in [6.07, 6.45) is 2.90. The average Bonchev–Trinajstić information content (AvgIpc) is 2.30. The summed E-state index contributed by atoms with van der Waals surface area (Å²) >= 11 is 0. The van der Waals surface area contributed by atoms with Crippen LogP contribution >= 0.6 is 0 Å². The predicted molar refractivity (Wildman–Crippen MR) is 67.3 cm³/mol. The second-order valence-corrected chi connectivity index (χ2v) is 4.39.